The van der Waals surface area contributed by atoms with Gasteiger partial charge in [-0.3, -0.25) is 20.3 Å². The Hall–Kier alpha value is -2.35. The number of nitrogens with zero attached hydrogens (tertiary/aromatic N) is 1. The predicted molar refractivity (Wildman–Crippen MR) is 71.3 cm³/mol. The molecule has 0 aliphatic heterocycles. The minimum Gasteiger partial charge on any atom is -0.493 e. The molecule has 0 heterocycles. The number of nitro benzene ring substituents is 1. The zero-order valence-electron chi connectivity index (χ0n) is 11.3. The molecule has 0 radical (unpaired) electrons. The van der Waals surface area contributed by atoms with Crippen molar-refractivity contribution in [3.8, 4) is 11.5 Å². The monoisotopic (exact) mass is 283 g/mol. The molecule has 0 bridgehead atoms. The maximum absolute atomic E-state index is 11.0. The molecule has 1 amide bonds. The second-order valence-corrected chi connectivity index (χ2v) is 4.13. The van der Waals surface area contributed by atoms with Crippen molar-refractivity contribution in [3.05, 3.63) is 28.3 Å². The van der Waals surface area contributed by atoms with Gasteiger partial charge in [0.2, 0.25) is 5.91 Å². The van der Waals surface area contributed by atoms with E-state index in [1.165, 1.54) is 25.3 Å². The lowest BCUT2D eigenvalue weighted by Crippen LogP contribution is -2.30. The topological polar surface area (TPSA) is 117 Å². The number of methoxy groups -OCH3 is 1. The minimum atomic E-state index is -0.515. The normalized spacial score (nSPS) is 11.6. The van der Waals surface area contributed by atoms with Gasteiger partial charge in [0.25, 0.3) is 5.69 Å². The summed E-state index contributed by atoms with van der Waals surface area (Å²) in [5.41, 5.74) is 1.93. The number of amides is 1. The van der Waals surface area contributed by atoms with Crippen molar-refractivity contribution in [3.63, 3.8) is 0 Å². The van der Waals surface area contributed by atoms with E-state index in [-0.39, 0.29) is 29.9 Å². The number of benzene rings is 1. The summed E-state index contributed by atoms with van der Waals surface area (Å²) in [7, 11) is 1.45. The van der Waals surface area contributed by atoms with Gasteiger partial charge in [-0.05, 0) is 19.4 Å². The highest BCUT2D eigenvalue weighted by Crippen LogP contribution is 2.32. The molecule has 1 aromatic carbocycles. The van der Waals surface area contributed by atoms with Gasteiger partial charge in [0.1, 0.15) is 0 Å². The third kappa shape index (κ3) is 4.39. The van der Waals surface area contributed by atoms with E-state index >= 15 is 0 Å². The van der Waals surface area contributed by atoms with E-state index in [1.54, 1.807) is 6.92 Å². The average molecular weight is 283 g/mol. The molecule has 0 aromatic heterocycles. The van der Waals surface area contributed by atoms with Crippen molar-refractivity contribution < 1.29 is 19.2 Å². The summed E-state index contributed by atoms with van der Waals surface area (Å²) in [6, 6.07) is 4.09. The van der Waals surface area contributed by atoms with Crippen LogP contribution in [0.15, 0.2) is 18.2 Å². The lowest BCUT2D eigenvalue weighted by molar-refractivity contribution is -0.385. The Bertz CT molecular complexity index is 492. The average Bonchev–Trinajstić information content (AvgIpc) is 2.44. The van der Waals surface area contributed by atoms with Crippen LogP contribution in [0, 0.1) is 10.1 Å². The second kappa shape index (κ2) is 7.29. The van der Waals surface area contributed by atoms with Crippen molar-refractivity contribution >= 4 is 11.6 Å². The number of non-ortho nitro benzene ring substituents is 1. The molecule has 0 aliphatic rings. The van der Waals surface area contributed by atoms with Crippen LogP contribution in [-0.2, 0) is 4.79 Å². The van der Waals surface area contributed by atoms with E-state index in [2.05, 4.69) is 0 Å². The zero-order valence-corrected chi connectivity index (χ0v) is 11.3. The molecular weight excluding hydrogens is 266 g/mol. The van der Waals surface area contributed by atoms with Crippen molar-refractivity contribution in [1.29, 1.82) is 0 Å². The highest BCUT2D eigenvalue weighted by molar-refractivity contribution is 5.75. The van der Waals surface area contributed by atoms with Crippen LogP contribution >= 0.6 is 0 Å². The Kier molecular flexibility index (Phi) is 5.73. The molecule has 1 unspecified atom stereocenters. The Morgan fingerprint density at radius 2 is 2.20 bits per heavy atom. The van der Waals surface area contributed by atoms with Crippen molar-refractivity contribution in [2.75, 3.05) is 7.11 Å². The van der Waals surface area contributed by atoms with Gasteiger partial charge >= 0.3 is 0 Å². The molecule has 1 rings (SSSR count). The fourth-order valence-electron chi connectivity index (χ4n) is 1.55. The smallest absolute Gasteiger partial charge is 0.273 e. The zero-order chi connectivity index (χ0) is 15.1. The van der Waals surface area contributed by atoms with Crippen molar-refractivity contribution in [2.45, 2.75) is 25.9 Å². The number of nitrogens with one attached hydrogen (secondary N) is 1. The number of ether oxygens (including phenoxy) is 2. The Balaban J connectivity index is 2.76. The van der Waals surface area contributed by atoms with Gasteiger partial charge in [-0.2, -0.15) is 0 Å². The highest BCUT2D eigenvalue weighted by atomic mass is 16.6. The van der Waals surface area contributed by atoms with Gasteiger partial charge in [0, 0.05) is 12.5 Å². The molecule has 0 spiro atoms. The third-order valence-corrected chi connectivity index (χ3v) is 2.63. The first-order valence-electron chi connectivity index (χ1n) is 5.96. The number of rotatable bonds is 7. The summed E-state index contributed by atoms with van der Waals surface area (Å²) >= 11 is 0. The second-order valence-electron chi connectivity index (χ2n) is 4.13. The SMILES string of the molecule is COc1ccc([N+](=O)[O-])cc1OC(C)CCC(=O)NN. The van der Waals surface area contributed by atoms with Gasteiger partial charge in [-0.15, -0.1) is 0 Å². The van der Waals surface area contributed by atoms with Crippen LogP contribution in [0.25, 0.3) is 0 Å². The van der Waals surface area contributed by atoms with E-state index in [0.717, 1.165) is 0 Å². The number of nitrogens with two attached hydrogens (primary N) is 1. The maximum atomic E-state index is 11.0. The van der Waals surface area contributed by atoms with Gasteiger partial charge in [-0.25, -0.2) is 5.84 Å². The van der Waals surface area contributed by atoms with E-state index in [0.29, 0.717) is 12.2 Å². The third-order valence-electron chi connectivity index (χ3n) is 2.63. The number of hydrazine groups is 1. The summed E-state index contributed by atoms with van der Waals surface area (Å²) in [6.45, 7) is 1.75. The summed E-state index contributed by atoms with van der Waals surface area (Å²) in [5.74, 6) is 5.33. The summed E-state index contributed by atoms with van der Waals surface area (Å²) in [4.78, 5) is 21.2. The Morgan fingerprint density at radius 3 is 2.75 bits per heavy atom. The summed E-state index contributed by atoms with van der Waals surface area (Å²) in [5, 5.41) is 10.7. The molecule has 8 heteroatoms. The maximum Gasteiger partial charge on any atom is 0.273 e. The molecule has 0 saturated heterocycles. The fraction of sp³-hybridized carbons (Fsp3) is 0.417. The highest BCUT2D eigenvalue weighted by Gasteiger charge is 2.15. The fourth-order valence-corrected chi connectivity index (χ4v) is 1.55. The number of hydrogen-bond donors (Lipinski definition) is 2. The van der Waals surface area contributed by atoms with E-state index in [9.17, 15) is 14.9 Å². The molecule has 8 nitrogen and oxygen atoms in total. The van der Waals surface area contributed by atoms with Crippen LogP contribution in [0.1, 0.15) is 19.8 Å². The summed E-state index contributed by atoms with van der Waals surface area (Å²) < 4.78 is 10.7. The molecule has 1 aromatic rings. The van der Waals surface area contributed by atoms with Crippen LogP contribution in [0.2, 0.25) is 0 Å². The summed E-state index contributed by atoms with van der Waals surface area (Å²) in [6.07, 6.45) is 0.312. The lowest BCUT2D eigenvalue weighted by Gasteiger charge is -2.16. The molecule has 0 fully saturated rings. The van der Waals surface area contributed by atoms with Crippen LogP contribution in [0.4, 0.5) is 5.69 Å². The number of carbonyl (C=O) groups is 1. The first-order chi connectivity index (χ1) is 9.47. The van der Waals surface area contributed by atoms with Gasteiger partial charge in [0.05, 0.1) is 24.2 Å². The molecule has 3 N–H and O–H groups in total. The van der Waals surface area contributed by atoms with E-state index in [1.807, 2.05) is 5.43 Å². The predicted octanol–water partition coefficient (Wildman–Crippen LogP) is 1.14. The Morgan fingerprint density at radius 1 is 1.50 bits per heavy atom. The number of carbonyl (C=O) groups excluding carboxylic acids is 1. The molecule has 110 valence electrons. The molecule has 1 atom stereocenters. The molecular formula is C12H17N3O5. The quantitative estimate of drug-likeness (QED) is 0.335. The van der Waals surface area contributed by atoms with Gasteiger partial charge < -0.3 is 9.47 Å². The van der Waals surface area contributed by atoms with Crippen molar-refractivity contribution in [1.82, 2.24) is 5.43 Å². The van der Waals surface area contributed by atoms with E-state index < -0.39 is 4.92 Å². The first-order valence-corrected chi connectivity index (χ1v) is 5.96. The molecule has 20 heavy (non-hydrogen) atoms. The Labute approximate surface area is 116 Å². The standard InChI is InChI=1S/C12H17N3O5/c1-8(3-6-12(16)14-13)20-11-7-9(15(17)18)4-5-10(11)19-2/h4-5,7-8H,3,6,13H2,1-2H3,(H,14,16). The molecule has 0 aliphatic carbocycles. The van der Waals surface area contributed by atoms with Crippen LogP contribution in [0.3, 0.4) is 0 Å². The number of nitro groups is 1. The molecule has 0 saturated carbocycles. The largest absolute Gasteiger partial charge is 0.493 e. The van der Waals surface area contributed by atoms with Crippen LogP contribution in [-0.4, -0.2) is 24.0 Å². The number of hydrogen-bond acceptors (Lipinski definition) is 6. The first kappa shape index (κ1) is 15.7. The lowest BCUT2D eigenvalue weighted by atomic mass is 10.2. The minimum absolute atomic E-state index is 0.0901. The van der Waals surface area contributed by atoms with Crippen LogP contribution < -0.4 is 20.7 Å². The van der Waals surface area contributed by atoms with E-state index in [4.69, 9.17) is 15.3 Å². The van der Waals surface area contributed by atoms with Gasteiger partial charge in [-0.1, -0.05) is 0 Å². The van der Waals surface area contributed by atoms with Crippen molar-refractivity contribution in [2.24, 2.45) is 5.84 Å². The van der Waals surface area contributed by atoms with Gasteiger partial charge in [0.15, 0.2) is 11.5 Å². The van der Waals surface area contributed by atoms with Crippen LogP contribution in [0.5, 0.6) is 11.5 Å².